The number of hydrogen-bond acceptors (Lipinski definition) is 4. The van der Waals surface area contributed by atoms with Crippen LogP contribution in [0.3, 0.4) is 0 Å². The summed E-state index contributed by atoms with van der Waals surface area (Å²) in [6.45, 7) is 1.26. The first-order valence-electron chi connectivity index (χ1n) is 6.17. The fourth-order valence-corrected chi connectivity index (χ4v) is 2.20. The normalized spacial score (nSPS) is 19.6. The molecule has 0 radical (unpaired) electrons. The number of anilines is 1. The van der Waals surface area contributed by atoms with E-state index in [2.05, 4.69) is 21.2 Å². The summed E-state index contributed by atoms with van der Waals surface area (Å²) in [7, 11) is 0. The molecule has 1 amide bonds. The van der Waals surface area contributed by atoms with Crippen molar-refractivity contribution in [2.75, 3.05) is 31.6 Å². The van der Waals surface area contributed by atoms with Gasteiger partial charge in [-0.3, -0.25) is 9.69 Å². The van der Waals surface area contributed by atoms with Gasteiger partial charge >= 0.3 is 5.97 Å². The zero-order valence-corrected chi connectivity index (χ0v) is 12.3. The number of carboxylic acid groups (broad SMARTS) is 1. The first-order chi connectivity index (χ1) is 9.54. The fourth-order valence-electron chi connectivity index (χ4n) is 1.93. The molecule has 7 heteroatoms. The van der Waals surface area contributed by atoms with Gasteiger partial charge in [-0.25, -0.2) is 4.79 Å². The molecule has 6 nitrogen and oxygen atoms in total. The maximum atomic E-state index is 11.9. The zero-order chi connectivity index (χ0) is 14.5. The van der Waals surface area contributed by atoms with E-state index < -0.39 is 12.1 Å². The molecule has 1 aliphatic heterocycles. The molecule has 1 unspecified atom stereocenters. The Morgan fingerprint density at radius 1 is 1.40 bits per heavy atom. The van der Waals surface area contributed by atoms with Crippen molar-refractivity contribution in [2.24, 2.45) is 0 Å². The standard InChI is InChI=1S/C13H15BrN2O4/c14-9-1-3-10(4-2-9)15-12(17)8-16-5-6-20-11(7-16)13(18)19/h1-4,11H,5-8H2,(H,15,17)(H,18,19). The third-order valence-corrected chi connectivity index (χ3v) is 3.45. The lowest BCUT2D eigenvalue weighted by atomic mass is 10.2. The van der Waals surface area contributed by atoms with Crippen LogP contribution in [0.25, 0.3) is 0 Å². The number of hydrogen-bond donors (Lipinski definition) is 2. The fraction of sp³-hybridized carbons (Fsp3) is 0.385. The smallest absolute Gasteiger partial charge is 0.334 e. The molecule has 108 valence electrons. The number of ether oxygens (including phenoxy) is 1. The van der Waals surface area contributed by atoms with Crippen LogP contribution in [-0.4, -0.2) is 54.2 Å². The Bertz CT molecular complexity index is 492. The van der Waals surface area contributed by atoms with Crippen LogP contribution in [-0.2, 0) is 14.3 Å². The minimum absolute atomic E-state index is 0.156. The van der Waals surface area contributed by atoms with Crippen LogP contribution in [0.4, 0.5) is 5.69 Å². The van der Waals surface area contributed by atoms with Crippen LogP contribution in [0.15, 0.2) is 28.7 Å². The quantitative estimate of drug-likeness (QED) is 0.858. The van der Waals surface area contributed by atoms with Gasteiger partial charge in [0, 0.05) is 23.2 Å². The molecule has 0 saturated carbocycles. The van der Waals surface area contributed by atoms with E-state index in [0.29, 0.717) is 18.8 Å². The molecular weight excluding hydrogens is 328 g/mol. The minimum atomic E-state index is -0.997. The van der Waals surface area contributed by atoms with Crippen molar-refractivity contribution < 1.29 is 19.4 Å². The maximum Gasteiger partial charge on any atom is 0.334 e. The van der Waals surface area contributed by atoms with Gasteiger partial charge in [0.1, 0.15) is 0 Å². The summed E-state index contributed by atoms with van der Waals surface area (Å²) < 4.78 is 6.04. The van der Waals surface area contributed by atoms with Crippen LogP contribution < -0.4 is 5.32 Å². The van der Waals surface area contributed by atoms with Crippen molar-refractivity contribution in [3.63, 3.8) is 0 Å². The van der Waals surface area contributed by atoms with E-state index in [1.165, 1.54) is 0 Å². The lowest BCUT2D eigenvalue weighted by molar-refractivity contribution is -0.156. The van der Waals surface area contributed by atoms with Gasteiger partial charge in [0.2, 0.25) is 5.91 Å². The number of carbonyl (C=O) groups is 2. The molecule has 1 aliphatic rings. The highest BCUT2D eigenvalue weighted by molar-refractivity contribution is 9.10. The number of rotatable bonds is 4. The van der Waals surface area contributed by atoms with Gasteiger partial charge in [0.25, 0.3) is 0 Å². The molecule has 20 heavy (non-hydrogen) atoms. The van der Waals surface area contributed by atoms with Crippen molar-refractivity contribution in [1.82, 2.24) is 4.90 Å². The molecule has 0 aromatic heterocycles. The molecule has 1 aromatic carbocycles. The molecule has 1 aromatic rings. The van der Waals surface area contributed by atoms with E-state index >= 15 is 0 Å². The van der Waals surface area contributed by atoms with E-state index in [-0.39, 0.29) is 19.0 Å². The summed E-state index contributed by atoms with van der Waals surface area (Å²) in [5.41, 5.74) is 0.709. The predicted octanol–water partition coefficient (Wildman–Crippen LogP) is 1.17. The highest BCUT2D eigenvalue weighted by Crippen LogP contribution is 2.14. The van der Waals surface area contributed by atoms with Crippen LogP contribution in [0.2, 0.25) is 0 Å². The van der Waals surface area contributed by atoms with Crippen LogP contribution in [0.5, 0.6) is 0 Å². The Kier molecular flexibility index (Phi) is 5.11. The number of carboxylic acids is 1. The lowest BCUT2D eigenvalue weighted by Crippen LogP contribution is -2.48. The molecule has 0 spiro atoms. The Morgan fingerprint density at radius 3 is 2.75 bits per heavy atom. The molecular formula is C13H15BrN2O4. The molecule has 0 bridgehead atoms. The monoisotopic (exact) mass is 342 g/mol. The van der Waals surface area contributed by atoms with Crippen molar-refractivity contribution in [1.29, 1.82) is 0 Å². The van der Waals surface area contributed by atoms with Gasteiger partial charge in [0.15, 0.2) is 6.10 Å². The summed E-state index contributed by atoms with van der Waals surface area (Å²) in [6, 6.07) is 7.26. The third kappa shape index (κ3) is 4.29. The molecule has 1 fully saturated rings. The summed E-state index contributed by atoms with van der Waals surface area (Å²) in [4.78, 5) is 24.5. The largest absolute Gasteiger partial charge is 0.479 e. The minimum Gasteiger partial charge on any atom is -0.479 e. The van der Waals surface area contributed by atoms with Gasteiger partial charge in [-0.15, -0.1) is 0 Å². The molecule has 1 heterocycles. The first-order valence-corrected chi connectivity index (χ1v) is 6.96. The van der Waals surface area contributed by atoms with Crippen molar-refractivity contribution in [3.05, 3.63) is 28.7 Å². The van der Waals surface area contributed by atoms with E-state index in [1.807, 2.05) is 12.1 Å². The Morgan fingerprint density at radius 2 is 2.10 bits per heavy atom. The van der Waals surface area contributed by atoms with E-state index in [1.54, 1.807) is 17.0 Å². The third-order valence-electron chi connectivity index (χ3n) is 2.92. The number of morpholine rings is 1. The summed E-state index contributed by atoms with van der Waals surface area (Å²) in [6.07, 6.45) is -0.857. The number of carbonyl (C=O) groups excluding carboxylic acids is 1. The first kappa shape index (κ1) is 15.0. The van der Waals surface area contributed by atoms with Gasteiger partial charge in [-0.2, -0.15) is 0 Å². The number of benzene rings is 1. The second-order valence-corrected chi connectivity index (χ2v) is 5.40. The second kappa shape index (κ2) is 6.83. The van der Waals surface area contributed by atoms with Crippen LogP contribution >= 0.6 is 15.9 Å². The van der Waals surface area contributed by atoms with E-state index in [9.17, 15) is 9.59 Å². The van der Waals surface area contributed by atoms with Crippen LogP contribution in [0.1, 0.15) is 0 Å². The van der Waals surface area contributed by atoms with E-state index in [0.717, 1.165) is 4.47 Å². The van der Waals surface area contributed by atoms with Crippen molar-refractivity contribution in [3.8, 4) is 0 Å². The summed E-state index contributed by atoms with van der Waals surface area (Å²) >= 11 is 3.32. The van der Waals surface area contributed by atoms with Gasteiger partial charge in [0.05, 0.1) is 13.2 Å². The molecule has 1 saturated heterocycles. The highest BCUT2D eigenvalue weighted by atomic mass is 79.9. The summed E-state index contributed by atoms with van der Waals surface area (Å²) in [5, 5.41) is 11.7. The van der Waals surface area contributed by atoms with Crippen LogP contribution in [0, 0.1) is 0 Å². The molecule has 1 atom stereocenters. The topological polar surface area (TPSA) is 78.9 Å². The number of halogens is 1. The highest BCUT2D eigenvalue weighted by Gasteiger charge is 2.27. The van der Waals surface area contributed by atoms with E-state index in [4.69, 9.17) is 9.84 Å². The molecule has 2 N–H and O–H groups in total. The van der Waals surface area contributed by atoms with Gasteiger partial charge < -0.3 is 15.2 Å². The van der Waals surface area contributed by atoms with Gasteiger partial charge in [-0.05, 0) is 24.3 Å². The van der Waals surface area contributed by atoms with Crippen molar-refractivity contribution in [2.45, 2.75) is 6.10 Å². The lowest BCUT2D eigenvalue weighted by Gasteiger charge is -2.30. The number of nitrogens with zero attached hydrogens (tertiary/aromatic N) is 1. The number of nitrogens with one attached hydrogen (secondary N) is 1. The molecule has 0 aliphatic carbocycles. The average molecular weight is 343 g/mol. The zero-order valence-electron chi connectivity index (χ0n) is 10.7. The van der Waals surface area contributed by atoms with Gasteiger partial charge in [-0.1, -0.05) is 15.9 Å². The Balaban J connectivity index is 1.85. The predicted molar refractivity (Wildman–Crippen MR) is 76.6 cm³/mol. The number of amides is 1. The SMILES string of the molecule is O=C(CN1CCOC(C(=O)O)C1)Nc1ccc(Br)cc1. The maximum absolute atomic E-state index is 11.9. The number of aliphatic carboxylic acids is 1. The van der Waals surface area contributed by atoms with Crippen molar-refractivity contribution >= 4 is 33.5 Å². The second-order valence-electron chi connectivity index (χ2n) is 4.49. The Hall–Kier alpha value is -1.44. The summed E-state index contributed by atoms with van der Waals surface area (Å²) in [5.74, 6) is -1.17. The molecule has 2 rings (SSSR count). The Labute approximate surface area is 124 Å². The average Bonchev–Trinajstić information content (AvgIpc) is 2.41.